The Hall–Kier alpha value is -2.53. The van der Waals surface area contributed by atoms with E-state index in [-0.39, 0.29) is 17.4 Å². The number of halogens is 1. The van der Waals surface area contributed by atoms with E-state index < -0.39 is 17.9 Å². The van der Waals surface area contributed by atoms with Crippen molar-refractivity contribution in [3.8, 4) is 0 Å². The van der Waals surface area contributed by atoms with Gasteiger partial charge in [-0.2, -0.15) is 0 Å². The number of rotatable bonds is 5. The number of aldehydes is 1. The third kappa shape index (κ3) is 3.36. The van der Waals surface area contributed by atoms with Gasteiger partial charge < -0.3 is 14.3 Å². The number of aliphatic hydroxyl groups excluding tert-OH is 1. The Kier molecular flexibility index (Phi) is 4.71. The van der Waals surface area contributed by atoms with Gasteiger partial charge in [0.1, 0.15) is 17.9 Å². The summed E-state index contributed by atoms with van der Waals surface area (Å²) in [5, 5.41) is 10.1. The maximum absolute atomic E-state index is 12.9. The molecule has 3 unspecified atom stereocenters. The molecule has 0 aliphatic heterocycles. The lowest BCUT2D eigenvalue weighted by atomic mass is 9.81. The van der Waals surface area contributed by atoms with Gasteiger partial charge in [-0.15, -0.1) is 0 Å². The summed E-state index contributed by atoms with van der Waals surface area (Å²) in [5.74, 6) is -1.23. The number of aliphatic hydroxyl groups is 1. The van der Waals surface area contributed by atoms with E-state index in [0.717, 1.165) is 5.56 Å². The summed E-state index contributed by atoms with van der Waals surface area (Å²) in [4.78, 5) is 23.5. The molecule has 0 saturated heterocycles. The molecule has 3 rings (SSSR count). The highest BCUT2D eigenvalue weighted by Gasteiger charge is 2.35. The largest absolute Gasteiger partial charge is 0.458 e. The lowest BCUT2D eigenvalue weighted by molar-refractivity contribution is -0.113. The van der Waals surface area contributed by atoms with Crippen molar-refractivity contribution in [2.75, 3.05) is 0 Å². The maximum Gasteiger partial charge on any atom is 0.203 e. The zero-order valence-electron chi connectivity index (χ0n) is 12.9. The minimum absolute atomic E-state index is 0.163. The minimum Gasteiger partial charge on any atom is -0.458 e. The lowest BCUT2D eigenvalue weighted by Crippen LogP contribution is -2.36. The summed E-state index contributed by atoms with van der Waals surface area (Å²) in [6.45, 7) is 0. The van der Waals surface area contributed by atoms with E-state index in [4.69, 9.17) is 4.42 Å². The fourth-order valence-corrected chi connectivity index (χ4v) is 2.88. The first kappa shape index (κ1) is 16.3. The van der Waals surface area contributed by atoms with Crippen LogP contribution in [0.4, 0.5) is 4.39 Å². The Labute approximate surface area is 138 Å². The van der Waals surface area contributed by atoms with Crippen molar-refractivity contribution < 1.29 is 23.5 Å². The molecule has 0 bridgehead atoms. The van der Waals surface area contributed by atoms with Crippen molar-refractivity contribution in [3.63, 3.8) is 0 Å². The molecule has 0 radical (unpaired) electrons. The summed E-state index contributed by atoms with van der Waals surface area (Å²) in [5.41, 5.74) is 0.867. The van der Waals surface area contributed by atoms with E-state index in [1.54, 1.807) is 36.4 Å². The molecule has 1 N–H and O–H groups in total. The monoisotopic (exact) mass is 328 g/mol. The molecule has 1 aromatic carbocycles. The summed E-state index contributed by atoms with van der Waals surface area (Å²) < 4.78 is 18.5. The van der Waals surface area contributed by atoms with Crippen molar-refractivity contribution in [1.29, 1.82) is 0 Å². The average molecular weight is 328 g/mol. The van der Waals surface area contributed by atoms with Crippen LogP contribution in [0, 0.1) is 17.7 Å². The number of furan rings is 1. The van der Waals surface area contributed by atoms with Gasteiger partial charge in [-0.25, -0.2) is 4.39 Å². The molecule has 1 aromatic heterocycles. The van der Waals surface area contributed by atoms with Crippen LogP contribution in [0.5, 0.6) is 0 Å². The van der Waals surface area contributed by atoms with Crippen LogP contribution < -0.4 is 0 Å². The third-order valence-corrected chi connectivity index (χ3v) is 4.24. The van der Waals surface area contributed by atoms with E-state index in [9.17, 15) is 19.1 Å². The van der Waals surface area contributed by atoms with E-state index in [0.29, 0.717) is 24.9 Å². The molecule has 2 aromatic rings. The second kappa shape index (κ2) is 6.93. The van der Waals surface area contributed by atoms with Crippen LogP contribution in [0.2, 0.25) is 0 Å². The molecular formula is C19H17FO4. The predicted octanol–water partition coefficient (Wildman–Crippen LogP) is 2.94. The van der Waals surface area contributed by atoms with Gasteiger partial charge in [0.25, 0.3) is 0 Å². The van der Waals surface area contributed by atoms with Crippen LogP contribution in [0.15, 0.2) is 53.0 Å². The summed E-state index contributed by atoms with van der Waals surface area (Å²) in [7, 11) is 0. The number of hydrogen-bond acceptors (Lipinski definition) is 4. The molecule has 24 heavy (non-hydrogen) atoms. The predicted molar refractivity (Wildman–Crippen MR) is 85.1 cm³/mol. The Balaban J connectivity index is 1.73. The van der Waals surface area contributed by atoms with Gasteiger partial charge in [0.05, 0.1) is 17.9 Å². The highest BCUT2D eigenvalue weighted by molar-refractivity contribution is 5.96. The Bertz CT molecular complexity index is 760. The third-order valence-electron chi connectivity index (χ3n) is 4.24. The van der Waals surface area contributed by atoms with Crippen LogP contribution in [0.25, 0.3) is 0 Å². The number of carbonyl (C=O) groups excluding carboxylic acids is 2. The fourth-order valence-electron chi connectivity index (χ4n) is 2.88. The average Bonchev–Trinajstić information content (AvgIpc) is 3.05. The van der Waals surface area contributed by atoms with E-state index >= 15 is 0 Å². The number of ketones is 1. The molecule has 1 heterocycles. The zero-order chi connectivity index (χ0) is 17.1. The standard InChI is InChI=1S/C19H17FO4/c20-14-6-4-12(5-7-14)10-15-8-9-17(24-15)19(23)16-3-1-2-13(11-21)18(16)22/h1-2,4-9,11,13,16,18,22H,3,10H2. The van der Waals surface area contributed by atoms with Crippen LogP contribution in [0.1, 0.15) is 28.3 Å². The number of hydrogen-bond donors (Lipinski definition) is 1. The molecule has 0 spiro atoms. The second-order valence-corrected chi connectivity index (χ2v) is 5.91. The van der Waals surface area contributed by atoms with Crippen molar-refractivity contribution in [2.24, 2.45) is 11.8 Å². The van der Waals surface area contributed by atoms with Crippen LogP contribution >= 0.6 is 0 Å². The van der Waals surface area contributed by atoms with Crippen LogP contribution in [-0.2, 0) is 11.2 Å². The van der Waals surface area contributed by atoms with Gasteiger partial charge in [0.2, 0.25) is 5.78 Å². The Morgan fingerprint density at radius 3 is 2.71 bits per heavy atom. The molecule has 0 saturated carbocycles. The molecule has 3 atom stereocenters. The van der Waals surface area contributed by atoms with Gasteiger partial charge in [-0.1, -0.05) is 24.3 Å². The van der Waals surface area contributed by atoms with Crippen molar-refractivity contribution >= 4 is 12.1 Å². The van der Waals surface area contributed by atoms with Crippen molar-refractivity contribution in [1.82, 2.24) is 0 Å². The van der Waals surface area contributed by atoms with Crippen molar-refractivity contribution in [2.45, 2.75) is 18.9 Å². The SMILES string of the molecule is O=CC1C=CCC(C(=O)c2ccc(Cc3ccc(F)cc3)o2)C1O. The molecular weight excluding hydrogens is 311 g/mol. The van der Waals surface area contributed by atoms with Gasteiger partial charge in [-0.3, -0.25) is 4.79 Å². The molecule has 0 fully saturated rings. The molecule has 5 heteroatoms. The van der Waals surface area contributed by atoms with E-state index in [2.05, 4.69) is 0 Å². The normalized spacial score (nSPS) is 23.2. The molecule has 1 aliphatic carbocycles. The summed E-state index contributed by atoms with van der Waals surface area (Å²) >= 11 is 0. The quantitative estimate of drug-likeness (QED) is 0.520. The number of Topliss-reactive ketones (excluding diaryl/α,β-unsaturated/α-hetero) is 1. The number of benzene rings is 1. The second-order valence-electron chi connectivity index (χ2n) is 5.91. The van der Waals surface area contributed by atoms with Crippen LogP contribution in [-0.4, -0.2) is 23.3 Å². The molecule has 4 nitrogen and oxygen atoms in total. The Morgan fingerprint density at radius 2 is 2.00 bits per heavy atom. The molecule has 124 valence electrons. The lowest BCUT2D eigenvalue weighted by Gasteiger charge is -2.26. The molecule has 1 aliphatic rings. The maximum atomic E-state index is 12.9. The first-order valence-electron chi connectivity index (χ1n) is 7.76. The first-order chi connectivity index (χ1) is 11.6. The van der Waals surface area contributed by atoms with E-state index in [1.807, 2.05) is 0 Å². The summed E-state index contributed by atoms with van der Waals surface area (Å²) in [6, 6.07) is 9.32. The van der Waals surface area contributed by atoms with Crippen molar-refractivity contribution in [3.05, 3.63) is 71.5 Å². The van der Waals surface area contributed by atoms with Crippen LogP contribution in [0.3, 0.4) is 0 Å². The zero-order valence-corrected chi connectivity index (χ0v) is 12.9. The van der Waals surface area contributed by atoms with Gasteiger partial charge >= 0.3 is 0 Å². The smallest absolute Gasteiger partial charge is 0.203 e. The van der Waals surface area contributed by atoms with Gasteiger partial charge in [0.15, 0.2) is 5.76 Å². The number of carbonyl (C=O) groups is 2. The van der Waals surface area contributed by atoms with Gasteiger partial charge in [-0.05, 0) is 36.2 Å². The fraction of sp³-hybridized carbons (Fsp3) is 0.263. The summed E-state index contributed by atoms with van der Waals surface area (Å²) in [6.07, 6.45) is 3.77. The Morgan fingerprint density at radius 1 is 1.25 bits per heavy atom. The topological polar surface area (TPSA) is 67.5 Å². The minimum atomic E-state index is -1.04. The molecule has 0 amide bonds. The highest BCUT2D eigenvalue weighted by atomic mass is 19.1. The number of allylic oxidation sites excluding steroid dienone is 1. The highest BCUT2D eigenvalue weighted by Crippen LogP contribution is 2.27. The first-order valence-corrected chi connectivity index (χ1v) is 7.76. The van der Waals surface area contributed by atoms with E-state index in [1.165, 1.54) is 12.1 Å². The van der Waals surface area contributed by atoms with Gasteiger partial charge in [0, 0.05) is 6.42 Å².